The summed E-state index contributed by atoms with van der Waals surface area (Å²) in [6.45, 7) is 0.325. The molecule has 0 atom stereocenters. The van der Waals surface area contributed by atoms with Gasteiger partial charge in [-0.25, -0.2) is 14.4 Å². The highest BCUT2D eigenvalue weighted by molar-refractivity contribution is 5.74. The Morgan fingerprint density at radius 3 is 2.68 bits per heavy atom. The van der Waals surface area contributed by atoms with Crippen molar-refractivity contribution < 1.29 is 13.9 Å². The fourth-order valence-electron chi connectivity index (χ4n) is 3.47. The van der Waals surface area contributed by atoms with Crippen LogP contribution in [0, 0.1) is 5.82 Å². The average molecular weight is 423 g/mol. The van der Waals surface area contributed by atoms with Crippen molar-refractivity contribution in [3.63, 3.8) is 0 Å². The molecule has 0 amide bonds. The molecule has 0 spiro atoms. The molecule has 2 heterocycles. The van der Waals surface area contributed by atoms with Crippen molar-refractivity contribution in [3.8, 4) is 22.9 Å². The summed E-state index contributed by atoms with van der Waals surface area (Å²) in [7, 11) is 6.83. The zero-order valence-electron chi connectivity index (χ0n) is 17.6. The zero-order chi connectivity index (χ0) is 22.1. The molecule has 9 heteroatoms. The number of ether oxygens (including phenoxy) is 2. The number of nitrogens with one attached hydrogen (secondary N) is 1. The minimum absolute atomic E-state index is 0.128. The summed E-state index contributed by atoms with van der Waals surface area (Å²) >= 11 is 0. The van der Waals surface area contributed by atoms with Crippen LogP contribution in [0.3, 0.4) is 0 Å². The van der Waals surface area contributed by atoms with E-state index < -0.39 is 11.4 Å². The first-order valence-corrected chi connectivity index (χ1v) is 9.55. The number of aromatic nitrogens is 4. The van der Waals surface area contributed by atoms with Crippen molar-refractivity contribution in [3.05, 3.63) is 64.5 Å². The Bertz CT molecular complexity index is 1310. The number of fused-ring (bicyclic) bond motifs is 1. The van der Waals surface area contributed by atoms with E-state index in [4.69, 9.17) is 9.47 Å². The SMILES string of the molecule is COc1cccc(Cn2cnc3nc(-c4cc(N(C)C)ccc4F)[nH]c(=O)c32)c1OC. The van der Waals surface area contributed by atoms with Crippen LogP contribution in [0.15, 0.2) is 47.5 Å². The summed E-state index contributed by atoms with van der Waals surface area (Å²) < 4.78 is 27.0. The first-order valence-electron chi connectivity index (χ1n) is 9.55. The van der Waals surface area contributed by atoms with Gasteiger partial charge in [0, 0.05) is 25.3 Å². The van der Waals surface area contributed by atoms with Gasteiger partial charge < -0.3 is 23.9 Å². The van der Waals surface area contributed by atoms with Gasteiger partial charge in [-0.3, -0.25) is 4.79 Å². The second-order valence-electron chi connectivity index (χ2n) is 7.17. The average Bonchev–Trinajstić information content (AvgIpc) is 3.16. The van der Waals surface area contributed by atoms with Crippen LogP contribution in [0.2, 0.25) is 0 Å². The van der Waals surface area contributed by atoms with Gasteiger partial charge in [-0.2, -0.15) is 0 Å². The third-order valence-corrected chi connectivity index (χ3v) is 5.03. The third-order valence-electron chi connectivity index (χ3n) is 5.03. The minimum atomic E-state index is -0.478. The zero-order valence-corrected chi connectivity index (χ0v) is 17.6. The van der Waals surface area contributed by atoms with Crippen LogP contribution >= 0.6 is 0 Å². The van der Waals surface area contributed by atoms with Gasteiger partial charge >= 0.3 is 0 Å². The van der Waals surface area contributed by atoms with Crippen molar-refractivity contribution in [1.82, 2.24) is 19.5 Å². The Kier molecular flexibility index (Phi) is 5.33. The van der Waals surface area contributed by atoms with Crippen LogP contribution in [0.25, 0.3) is 22.6 Å². The molecule has 0 aliphatic carbocycles. The molecular weight excluding hydrogens is 401 g/mol. The second-order valence-corrected chi connectivity index (χ2v) is 7.17. The summed E-state index contributed by atoms with van der Waals surface area (Å²) in [4.78, 5) is 26.1. The Hall–Kier alpha value is -3.88. The second kappa shape index (κ2) is 8.10. The molecule has 8 nitrogen and oxygen atoms in total. The van der Waals surface area contributed by atoms with Crippen LogP contribution < -0.4 is 19.9 Å². The van der Waals surface area contributed by atoms with E-state index in [1.165, 1.54) is 12.4 Å². The normalized spacial score (nSPS) is 11.0. The van der Waals surface area contributed by atoms with Crippen molar-refractivity contribution in [2.75, 3.05) is 33.2 Å². The lowest BCUT2D eigenvalue weighted by molar-refractivity contribution is 0.351. The van der Waals surface area contributed by atoms with E-state index in [1.54, 1.807) is 37.0 Å². The highest BCUT2D eigenvalue weighted by atomic mass is 19.1. The van der Waals surface area contributed by atoms with E-state index in [9.17, 15) is 9.18 Å². The van der Waals surface area contributed by atoms with Gasteiger partial charge in [0.15, 0.2) is 22.7 Å². The molecule has 1 N–H and O–H groups in total. The molecule has 4 aromatic rings. The molecule has 0 saturated carbocycles. The summed E-state index contributed by atoms with van der Waals surface area (Å²) in [6.07, 6.45) is 1.53. The van der Waals surface area contributed by atoms with Gasteiger partial charge in [-0.1, -0.05) is 12.1 Å². The van der Waals surface area contributed by atoms with E-state index in [2.05, 4.69) is 15.0 Å². The first kappa shape index (κ1) is 20.4. The van der Waals surface area contributed by atoms with Crippen molar-refractivity contribution in [2.45, 2.75) is 6.54 Å². The molecule has 2 aromatic carbocycles. The van der Waals surface area contributed by atoms with Gasteiger partial charge in [0.25, 0.3) is 5.56 Å². The van der Waals surface area contributed by atoms with Gasteiger partial charge in [-0.15, -0.1) is 0 Å². The van der Waals surface area contributed by atoms with Crippen molar-refractivity contribution in [2.24, 2.45) is 0 Å². The number of H-pyrrole nitrogens is 1. The number of nitrogens with zero attached hydrogens (tertiary/aromatic N) is 4. The number of hydrogen-bond donors (Lipinski definition) is 1. The standard InChI is InChI=1S/C22H22FN5O3/c1-27(2)14-8-9-16(23)15(10-14)20-25-21-18(22(29)26-20)28(12-24-21)11-13-6-5-7-17(30-3)19(13)31-4/h5-10,12H,11H2,1-4H3,(H,25,26,29). The van der Waals surface area contributed by atoms with E-state index in [1.807, 2.05) is 31.1 Å². The smallest absolute Gasteiger partial charge is 0.277 e. The van der Waals surface area contributed by atoms with Crippen LogP contribution in [0.1, 0.15) is 5.56 Å². The lowest BCUT2D eigenvalue weighted by atomic mass is 10.1. The number of para-hydroxylation sites is 1. The number of imidazole rings is 1. The van der Waals surface area contributed by atoms with E-state index in [-0.39, 0.29) is 22.6 Å². The summed E-state index contributed by atoms with van der Waals surface area (Å²) in [5.41, 5.74) is 1.92. The Morgan fingerprint density at radius 2 is 1.97 bits per heavy atom. The number of anilines is 1. The number of hydrogen-bond acceptors (Lipinski definition) is 6. The maximum Gasteiger partial charge on any atom is 0.277 e. The van der Waals surface area contributed by atoms with Crippen LogP contribution in [0.4, 0.5) is 10.1 Å². The molecule has 160 valence electrons. The topological polar surface area (TPSA) is 85.3 Å². The molecule has 0 saturated heterocycles. The molecule has 31 heavy (non-hydrogen) atoms. The van der Waals surface area contributed by atoms with E-state index >= 15 is 0 Å². The summed E-state index contributed by atoms with van der Waals surface area (Å²) in [5, 5.41) is 0. The molecule has 0 aliphatic heterocycles. The van der Waals surface area contributed by atoms with E-state index in [0.717, 1.165) is 11.3 Å². The third kappa shape index (κ3) is 3.70. The quantitative estimate of drug-likeness (QED) is 0.513. The number of aromatic amines is 1. The first-order chi connectivity index (χ1) is 14.9. The van der Waals surface area contributed by atoms with Gasteiger partial charge in [-0.05, 0) is 24.3 Å². The summed E-state index contributed by atoms with van der Waals surface area (Å²) in [5.74, 6) is 0.821. The lowest BCUT2D eigenvalue weighted by Gasteiger charge is -2.14. The maximum absolute atomic E-state index is 14.5. The fraction of sp³-hybridized carbons (Fsp3) is 0.227. The molecule has 0 fully saturated rings. The summed E-state index contributed by atoms with van der Waals surface area (Å²) in [6, 6.07) is 10.2. The Balaban J connectivity index is 1.79. The maximum atomic E-state index is 14.5. The van der Waals surface area contributed by atoms with Gasteiger partial charge in [0.2, 0.25) is 0 Å². The highest BCUT2D eigenvalue weighted by Crippen LogP contribution is 2.31. The molecule has 0 bridgehead atoms. The lowest BCUT2D eigenvalue weighted by Crippen LogP contribution is -2.15. The van der Waals surface area contributed by atoms with Crippen LogP contribution in [-0.2, 0) is 6.54 Å². The van der Waals surface area contributed by atoms with Crippen molar-refractivity contribution >= 4 is 16.9 Å². The van der Waals surface area contributed by atoms with E-state index in [0.29, 0.717) is 18.0 Å². The van der Waals surface area contributed by atoms with Crippen LogP contribution in [-0.4, -0.2) is 47.8 Å². The largest absolute Gasteiger partial charge is 0.493 e. The monoisotopic (exact) mass is 423 g/mol. The highest BCUT2D eigenvalue weighted by Gasteiger charge is 2.17. The number of methoxy groups -OCH3 is 2. The molecule has 2 aromatic heterocycles. The molecule has 0 radical (unpaired) electrons. The van der Waals surface area contributed by atoms with Gasteiger partial charge in [0.1, 0.15) is 11.6 Å². The molecular formula is C22H22FN5O3. The predicted molar refractivity (Wildman–Crippen MR) is 117 cm³/mol. The molecule has 4 rings (SSSR count). The fourth-order valence-corrected chi connectivity index (χ4v) is 3.47. The Morgan fingerprint density at radius 1 is 1.16 bits per heavy atom. The number of rotatable bonds is 6. The molecule has 0 unspecified atom stereocenters. The number of benzene rings is 2. The van der Waals surface area contributed by atoms with Gasteiger partial charge in [0.05, 0.1) is 32.7 Å². The minimum Gasteiger partial charge on any atom is -0.493 e. The van der Waals surface area contributed by atoms with Crippen molar-refractivity contribution in [1.29, 1.82) is 0 Å². The molecule has 0 aliphatic rings. The number of halogens is 1. The predicted octanol–water partition coefficient (Wildman–Crippen LogP) is 3.06. The Labute approximate surface area is 177 Å². The van der Waals surface area contributed by atoms with Crippen LogP contribution in [0.5, 0.6) is 11.5 Å².